The Morgan fingerprint density at radius 1 is 1.08 bits per heavy atom. The molecule has 0 spiro atoms. The van der Waals surface area contributed by atoms with Crippen LogP contribution in [-0.2, 0) is 14.9 Å². The van der Waals surface area contributed by atoms with Gasteiger partial charge in [-0.1, -0.05) is 41.9 Å². The highest BCUT2D eigenvalue weighted by Crippen LogP contribution is 2.52. The second kappa shape index (κ2) is 9.52. The summed E-state index contributed by atoms with van der Waals surface area (Å²) in [5.74, 6) is 5.75. The highest BCUT2D eigenvalue weighted by molar-refractivity contribution is 7.28. The first-order chi connectivity index (χ1) is 18.3. The molecule has 9 heteroatoms. The van der Waals surface area contributed by atoms with Gasteiger partial charge in [0.15, 0.2) is 0 Å². The van der Waals surface area contributed by atoms with Gasteiger partial charge in [-0.15, -0.1) is 22.7 Å². The van der Waals surface area contributed by atoms with Gasteiger partial charge in [0.05, 0.1) is 4.88 Å². The van der Waals surface area contributed by atoms with Crippen LogP contribution < -0.4 is 5.32 Å². The first-order valence-electron chi connectivity index (χ1n) is 11.9. The van der Waals surface area contributed by atoms with Crippen molar-refractivity contribution in [1.29, 1.82) is 0 Å². The zero-order valence-corrected chi connectivity index (χ0v) is 22.4. The number of anilines is 1. The van der Waals surface area contributed by atoms with Crippen molar-refractivity contribution in [1.82, 2.24) is 0 Å². The lowest BCUT2D eigenvalue weighted by Crippen LogP contribution is -2.17. The smallest absolute Gasteiger partial charge is 0.412 e. The average Bonchev–Trinajstić information content (AvgIpc) is 3.32. The minimum Gasteiger partial charge on any atom is -0.481 e. The second-order valence-electron chi connectivity index (χ2n) is 9.08. The van der Waals surface area contributed by atoms with E-state index in [0.717, 1.165) is 19.2 Å². The first kappa shape index (κ1) is 24.6. The summed E-state index contributed by atoms with van der Waals surface area (Å²) in [4.78, 5) is 26.2. The number of carboxylic acid groups (broad SMARTS) is 1. The van der Waals surface area contributed by atoms with Crippen LogP contribution in [0.5, 0.6) is 0 Å². The van der Waals surface area contributed by atoms with Gasteiger partial charge in [-0.2, -0.15) is 0 Å². The van der Waals surface area contributed by atoms with E-state index < -0.39 is 23.6 Å². The van der Waals surface area contributed by atoms with Gasteiger partial charge in [0.2, 0.25) is 5.76 Å². The molecule has 1 saturated carbocycles. The fourth-order valence-corrected chi connectivity index (χ4v) is 7.14. The van der Waals surface area contributed by atoms with Crippen LogP contribution >= 0.6 is 34.3 Å². The van der Waals surface area contributed by atoms with Crippen molar-refractivity contribution in [2.24, 2.45) is 0 Å². The quantitative estimate of drug-likeness (QED) is 0.211. The van der Waals surface area contributed by atoms with E-state index >= 15 is 0 Å². The first-order valence-corrected chi connectivity index (χ1v) is 13.9. The number of nitrogens with one attached hydrogen (secondary N) is 1. The maximum atomic E-state index is 12.8. The molecular formula is C29H20ClNO5S2. The number of halogens is 1. The lowest BCUT2D eigenvalue weighted by molar-refractivity contribution is -0.139. The maximum absolute atomic E-state index is 12.8. The van der Waals surface area contributed by atoms with Gasteiger partial charge in [-0.05, 0) is 61.9 Å². The van der Waals surface area contributed by atoms with Gasteiger partial charge >= 0.3 is 12.1 Å². The highest BCUT2D eigenvalue weighted by Gasteiger charge is 2.53. The van der Waals surface area contributed by atoms with Crippen LogP contribution in [-0.4, -0.2) is 17.2 Å². The number of hydrogen-bond acceptors (Lipinski definition) is 6. The highest BCUT2D eigenvalue weighted by atomic mass is 35.5. The number of hydrogen-bond donors (Lipinski definition) is 2. The van der Waals surface area contributed by atoms with E-state index in [-0.39, 0.29) is 0 Å². The van der Waals surface area contributed by atoms with Gasteiger partial charge in [0.25, 0.3) is 0 Å². The average molecular weight is 562 g/mol. The summed E-state index contributed by atoms with van der Waals surface area (Å²) in [6.07, 6.45) is 0.161. The van der Waals surface area contributed by atoms with Crippen LogP contribution in [0.25, 0.3) is 20.4 Å². The Labute approximate surface area is 230 Å². The van der Waals surface area contributed by atoms with Crippen molar-refractivity contribution in [3.05, 3.63) is 86.8 Å². The number of carbonyl (C=O) groups is 2. The Morgan fingerprint density at radius 2 is 1.82 bits per heavy atom. The van der Waals surface area contributed by atoms with Crippen molar-refractivity contribution >= 4 is 72.4 Å². The van der Waals surface area contributed by atoms with Crippen molar-refractivity contribution < 1.29 is 23.8 Å². The number of fused-ring (bicyclic) bond motifs is 2. The van der Waals surface area contributed by atoms with Crippen LogP contribution in [0.15, 0.2) is 65.1 Å². The minimum absolute atomic E-state index is 0.314. The number of benzene rings is 2. The van der Waals surface area contributed by atoms with Crippen molar-refractivity contribution in [2.45, 2.75) is 31.3 Å². The number of amides is 1. The molecular weight excluding hydrogens is 542 g/mol. The van der Waals surface area contributed by atoms with E-state index in [4.69, 9.17) is 20.8 Å². The zero-order valence-electron chi connectivity index (χ0n) is 20.0. The number of aliphatic carboxylic acids is 1. The van der Waals surface area contributed by atoms with Crippen LogP contribution in [0, 0.1) is 11.8 Å². The number of furan rings is 1. The lowest BCUT2D eigenvalue weighted by atomic mass is 10.1. The molecule has 1 aliphatic carbocycles. The molecule has 3 aromatic heterocycles. The number of ether oxygens (including phenoxy) is 1. The normalized spacial score (nSPS) is 14.6. The zero-order chi connectivity index (χ0) is 26.4. The summed E-state index contributed by atoms with van der Waals surface area (Å²) in [5, 5.41) is 13.6. The number of carbonyl (C=O) groups excluding carboxylic acids is 1. The Morgan fingerprint density at radius 3 is 2.55 bits per heavy atom. The summed E-state index contributed by atoms with van der Waals surface area (Å²) in [6.45, 7) is 1.75. The third-order valence-corrected chi connectivity index (χ3v) is 9.34. The largest absolute Gasteiger partial charge is 0.481 e. The summed E-state index contributed by atoms with van der Waals surface area (Å²) in [7, 11) is 0. The van der Waals surface area contributed by atoms with Gasteiger partial charge in [0.1, 0.15) is 22.8 Å². The molecule has 0 radical (unpaired) electrons. The molecule has 3 heterocycles. The molecule has 190 valence electrons. The molecule has 1 amide bonds. The molecule has 0 saturated heterocycles. The molecule has 1 aliphatic rings. The lowest BCUT2D eigenvalue weighted by Gasteiger charge is -2.15. The van der Waals surface area contributed by atoms with Gasteiger partial charge < -0.3 is 14.3 Å². The summed E-state index contributed by atoms with van der Waals surface area (Å²) < 4.78 is 13.6. The Hall–Kier alpha value is -3.77. The van der Waals surface area contributed by atoms with Crippen molar-refractivity contribution in [3.63, 3.8) is 0 Å². The number of para-hydroxylation sites is 1. The Bertz CT molecular complexity index is 1750. The van der Waals surface area contributed by atoms with E-state index in [9.17, 15) is 14.7 Å². The molecule has 0 aliphatic heterocycles. The molecule has 38 heavy (non-hydrogen) atoms. The molecule has 2 aromatic carbocycles. The van der Waals surface area contributed by atoms with Crippen molar-refractivity contribution in [3.8, 4) is 11.8 Å². The maximum Gasteiger partial charge on any atom is 0.412 e. The Kier molecular flexibility index (Phi) is 6.15. The fraction of sp³-hybridized carbons (Fsp3) is 0.172. The van der Waals surface area contributed by atoms with E-state index in [1.54, 1.807) is 13.0 Å². The fourth-order valence-electron chi connectivity index (χ4n) is 4.36. The predicted molar refractivity (Wildman–Crippen MR) is 150 cm³/mol. The molecule has 6 rings (SSSR count). The summed E-state index contributed by atoms with van der Waals surface area (Å²) in [5.41, 5.74) is 1.02. The van der Waals surface area contributed by atoms with Crippen molar-refractivity contribution in [2.75, 3.05) is 5.32 Å². The molecule has 0 bridgehead atoms. The van der Waals surface area contributed by atoms with E-state index in [0.29, 0.717) is 45.8 Å². The SMILES string of the molecule is CC(OC(=O)Nc1c(C#Cc2cc3sc(C4(C(=O)O)CC4)cc3s2)oc2ccccc12)c1ccccc1Cl. The van der Waals surface area contributed by atoms with Crippen LogP contribution in [0.3, 0.4) is 0 Å². The monoisotopic (exact) mass is 561 g/mol. The van der Waals surface area contributed by atoms with Crippen LogP contribution in [0.2, 0.25) is 5.02 Å². The molecule has 5 aromatic rings. The van der Waals surface area contributed by atoms with E-state index in [1.165, 1.54) is 22.7 Å². The van der Waals surface area contributed by atoms with E-state index in [1.807, 2.05) is 54.6 Å². The van der Waals surface area contributed by atoms with Gasteiger partial charge in [0, 0.05) is 30.2 Å². The Balaban J connectivity index is 1.26. The second-order valence-corrected chi connectivity index (χ2v) is 11.7. The van der Waals surface area contributed by atoms with Crippen LogP contribution in [0.4, 0.5) is 10.5 Å². The minimum atomic E-state index is -0.754. The predicted octanol–water partition coefficient (Wildman–Crippen LogP) is 8.19. The standard InChI is InChI=1S/C29H20ClNO5S2/c1-16(18-6-2-4-8-20(18)30)35-28(34)31-26-19-7-3-5-9-21(19)36-22(26)11-10-17-14-23-24(37-17)15-25(38-23)29(12-13-29)27(32)33/h2-9,14-16H,12-13H2,1H3,(H,31,34)(H,32,33). The van der Waals surface area contributed by atoms with Gasteiger partial charge in [-0.25, -0.2) is 4.79 Å². The third kappa shape index (κ3) is 4.43. The van der Waals surface area contributed by atoms with Crippen LogP contribution in [0.1, 0.15) is 46.9 Å². The number of rotatable bonds is 5. The number of carboxylic acids is 1. The van der Waals surface area contributed by atoms with E-state index in [2.05, 4.69) is 17.2 Å². The molecule has 6 nitrogen and oxygen atoms in total. The molecule has 1 unspecified atom stereocenters. The molecule has 2 N–H and O–H groups in total. The summed E-state index contributed by atoms with van der Waals surface area (Å²) in [6, 6.07) is 18.5. The van der Waals surface area contributed by atoms with Gasteiger partial charge in [-0.3, -0.25) is 10.1 Å². The summed E-state index contributed by atoms with van der Waals surface area (Å²) >= 11 is 9.27. The third-order valence-electron chi connectivity index (χ3n) is 6.59. The number of thiophene rings is 2. The molecule has 1 atom stereocenters. The topological polar surface area (TPSA) is 88.8 Å². The molecule has 1 fully saturated rings.